The minimum absolute atomic E-state index is 0.0884. The molecule has 0 saturated carbocycles. The normalized spacial score (nSPS) is 11.6. The number of alkyl halides is 6. The Hall–Kier alpha value is -1.77. The summed E-state index contributed by atoms with van der Waals surface area (Å²) >= 11 is 0. The van der Waals surface area contributed by atoms with Gasteiger partial charge in [0.2, 0.25) is 5.91 Å². The van der Waals surface area contributed by atoms with Gasteiger partial charge in [0.15, 0.2) is 0 Å². The second-order valence-corrected chi connectivity index (χ2v) is 3.12. The molecule has 1 aromatic carbocycles. The van der Waals surface area contributed by atoms with E-state index in [0.717, 1.165) is 0 Å². The smallest absolute Gasteiger partial charge is 0.366 e. The lowest BCUT2D eigenvalue weighted by molar-refractivity contribution is -0.141. The van der Waals surface area contributed by atoms with Gasteiger partial charge in [-0.1, -0.05) is 0 Å². The number of halogens is 6. The van der Waals surface area contributed by atoms with Crippen LogP contribution in [-0.2, 0) is 12.4 Å². The van der Waals surface area contributed by atoms with E-state index in [4.69, 9.17) is 0 Å². The van der Waals surface area contributed by atoms with Crippen molar-refractivity contribution in [2.75, 3.05) is 7.05 Å². The molecule has 0 heterocycles. The van der Waals surface area contributed by atoms with E-state index in [1.54, 1.807) is 0 Å². The van der Waals surface area contributed by atoms with Crippen LogP contribution in [0.25, 0.3) is 0 Å². The van der Waals surface area contributed by atoms with Gasteiger partial charge in [-0.3, -0.25) is 4.79 Å². The van der Waals surface area contributed by atoms with Crippen molar-refractivity contribution in [1.82, 2.24) is 0 Å². The summed E-state index contributed by atoms with van der Waals surface area (Å²) < 4.78 is 73.7. The van der Waals surface area contributed by atoms with Crippen LogP contribution in [0.5, 0.6) is 0 Å². The van der Waals surface area contributed by atoms with E-state index in [2.05, 4.69) is 11.5 Å². The van der Waals surface area contributed by atoms with Crippen LogP contribution in [0.3, 0.4) is 0 Å². The van der Waals surface area contributed by atoms with Crippen molar-refractivity contribution in [3.05, 3.63) is 34.9 Å². The van der Waals surface area contributed by atoms with Gasteiger partial charge in [0, 0.05) is 0 Å². The summed E-state index contributed by atoms with van der Waals surface area (Å²) in [5.74, 6) is -1.57. The Morgan fingerprint density at radius 3 is 1.79 bits per heavy atom. The van der Waals surface area contributed by atoms with Gasteiger partial charge in [0.25, 0.3) is 0 Å². The lowest BCUT2D eigenvalue weighted by Crippen LogP contribution is -2.20. The fourth-order valence-corrected chi connectivity index (χ4v) is 1.17. The van der Waals surface area contributed by atoms with E-state index in [1.807, 2.05) is 0 Å². The number of primary amides is 1. The Bertz CT molecular complexity index is 452. The van der Waals surface area contributed by atoms with Gasteiger partial charge in [-0.05, 0) is 25.2 Å². The highest BCUT2D eigenvalue weighted by atomic mass is 19.4. The summed E-state index contributed by atoms with van der Waals surface area (Å²) in [4.78, 5) is 10.7. The van der Waals surface area contributed by atoms with Crippen molar-refractivity contribution in [3.8, 4) is 0 Å². The summed E-state index contributed by atoms with van der Waals surface area (Å²) in [7, 11) is 1.50. The Morgan fingerprint density at radius 1 is 1.00 bits per heavy atom. The fraction of sp³-hybridized carbons (Fsp3) is 0.300. The van der Waals surface area contributed by atoms with Gasteiger partial charge in [-0.25, -0.2) is 0 Å². The van der Waals surface area contributed by atoms with Crippen molar-refractivity contribution >= 4 is 5.91 Å². The van der Waals surface area contributed by atoms with Gasteiger partial charge in [-0.15, -0.1) is 0 Å². The molecule has 108 valence electrons. The predicted molar refractivity (Wildman–Crippen MR) is 55.1 cm³/mol. The van der Waals surface area contributed by atoms with Crippen molar-refractivity contribution < 1.29 is 31.1 Å². The molecule has 0 aliphatic carbocycles. The topological polar surface area (TPSA) is 69.1 Å². The van der Waals surface area contributed by atoms with Crippen LogP contribution in [0.1, 0.15) is 21.5 Å². The van der Waals surface area contributed by atoms with Crippen LogP contribution in [0, 0.1) is 0 Å². The molecular weight excluding hydrogens is 278 g/mol. The van der Waals surface area contributed by atoms with E-state index < -0.39 is 35.0 Å². The molecule has 4 N–H and O–H groups in total. The van der Waals surface area contributed by atoms with Crippen LogP contribution < -0.4 is 11.5 Å². The molecule has 19 heavy (non-hydrogen) atoms. The average Bonchev–Trinajstić information content (AvgIpc) is 2.28. The highest BCUT2D eigenvalue weighted by Crippen LogP contribution is 2.36. The van der Waals surface area contributed by atoms with Crippen molar-refractivity contribution in [3.63, 3.8) is 0 Å². The molecule has 9 heteroatoms. The van der Waals surface area contributed by atoms with E-state index in [1.165, 1.54) is 7.05 Å². The lowest BCUT2D eigenvalue weighted by atomic mass is 10.0. The van der Waals surface area contributed by atoms with E-state index >= 15 is 0 Å². The minimum atomic E-state index is -4.94. The first-order valence-corrected chi connectivity index (χ1v) is 4.69. The largest absolute Gasteiger partial charge is 0.417 e. The highest BCUT2D eigenvalue weighted by molar-refractivity contribution is 5.94. The quantitative estimate of drug-likeness (QED) is 0.779. The van der Waals surface area contributed by atoms with Gasteiger partial charge in [0.05, 0.1) is 16.7 Å². The van der Waals surface area contributed by atoms with Gasteiger partial charge >= 0.3 is 12.4 Å². The summed E-state index contributed by atoms with van der Waals surface area (Å²) in [6.45, 7) is 0. The standard InChI is InChI=1S/C9H5F6NO.CH5N/c10-8(11,12)4-1-2-6(9(13,14)15)5(3-4)7(16)17;1-2/h1-3H,(H2,16,17);2H2,1H3. The Morgan fingerprint density at radius 2 is 1.47 bits per heavy atom. The number of carbonyl (C=O) groups is 1. The zero-order chi connectivity index (χ0) is 15.4. The molecule has 1 amide bonds. The number of hydrogen-bond donors (Lipinski definition) is 2. The van der Waals surface area contributed by atoms with E-state index in [-0.39, 0.29) is 18.2 Å². The molecule has 0 radical (unpaired) electrons. The first-order chi connectivity index (χ1) is 8.53. The Balaban J connectivity index is 0.00000154. The molecule has 1 aromatic rings. The second-order valence-electron chi connectivity index (χ2n) is 3.12. The van der Waals surface area contributed by atoms with E-state index in [9.17, 15) is 31.1 Å². The average molecular weight is 288 g/mol. The van der Waals surface area contributed by atoms with Crippen LogP contribution in [0.2, 0.25) is 0 Å². The molecule has 0 aliphatic heterocycles. The number of rotatable bonds is 1. The molecule has 0 aliphatic rings. The van der Waals surface area contributed by atoms with Gasteiger partial charge < -0.3 is 11.5 Å². The number of nitrogens with two attached hydrogens (primary N) is 2. The summed E-state index contributed by atoms with van der Waals surface area (Å²) in [5.41, 5.74) is 5.07. The molecule has 0 aromatic heterocycles. The molecule has 0 fully saturated rings. The monoisotopic (exact) mass is 288 g/mol. The fourth-order valence-electron chi connectivity index (χ4n) is 1.17. The van der Waals surface area contributed by atoms with E-state index in [0.29, 0.717) is 0 Å². The third-order valence-electron chi connectivity index (χ3n) is 1.92. The summed E-state index contributed by atoms with van der Waals surface area (Å²) in [6, 6.07) is 0.517. The second kappa shape index (κ2) is 5.91. The zero-order valence-electron chi connectivity index (χ0n) is 9.56. The number of carbonyl (C=O) groups excluding carboxylic acids is 1. The highest BCUT2D eigenvalue weighted by Gasteiger charge is 2.38. The third kappa shape index (κ3) is 4.43. The molecular formula is C10H10F6N2O. The van der Waals surface area contributed by atoms with Crippen LogP contribution in [0.4, 0.5) is 26.3 Å². The molecule has 0 spiro atoms. The molecule has 0 unspecified atom stereocenters. The van der Waals surface area contributed by atoms with Gasteiger partial charge in [0.1, 0.15) is 0 Å². The summed E-state index contributed by atoms with van der Waals surface area (Å²) in [5, 5.41) is 0. The van der Waals surface area contributed by atoms with Crippen molar-refractivity contribution in [2.45, 2.75) is 12.4 Å². The molecule has 1 rings (SSSR count). The number of hydrogen-bond acceptors (Lipinski definition) is 2. The van der Waals surface area contributed by atoms with Crippen LogP contribution in [-0.4, -0.2) is 13.0 Å². The lowest BCUT2D eigenvalue weighted by Gasteiger charge is -2.13. The van der Waals surface area contributed by atoms with Crippen molar-refractivity contribution in [1.29, 1.82) is 0 Å². The number of amides is 1. The van der Waals surface area contributed by atoms with Crippen LogP contribution >= 0.6 is 0 Å². The Kier molecular flexibility index (Phi) is 5.36. The number of benzene rings is 1. The molecule has 0 atom stereocenters. The maximum Gasteiger partial charge on any atom is 0.417 e. The minimum Gasteiger partial charge on any atom is -0.366 e. The maximum atomic E-state index is 12.3. The zero-order valence-corrected chi connectivity index (χ0v) is 9.56. The first-order valence-electron chi connectivity index (χ1n) is 4.69. The Labute approximate surface area is 104 Å². The SMILES string of the molecule is CN.NC(=O)c1cc(C(F)(F)F)ccc1C(F)(F)F. The van der Waals surface area contributed by atoms with Gasteiger partial charge in [-0.2, -0.15) is 26.3 Å². The van der Waals surface area contributed by atoms with Crippen molar-refractivity contribution in [2.24, 2.45) is 11.5 Å². The first kappa shape index (κ1) is 17.2. The predicted octanol–water partition coefficient (Wildman–Crippen LogP) is 2.40. The van der Waals surface area contributed by atoms with Crippen LogP contribution in [0.15, 0.2) is 18.2 Å². The molecule has 0 saturated heterocycles. The third-order valence-corrected chi connectivity index (χ3v) is 1.92. The molecule has 3 nitrogen and oxygen atoms in total. The molecule has 0 bridgehead atoms. The maximum absolute atomic E-state index is 12.3. The summed E-state index contributed by atoms with van der Waals surface area (Å²) in [6.07, 6.45) is -9.77.